The number of carbonyl (C=O) groups is 2. The average molecular weight is 440 g/mol. The molecule has 0 spiro atoms. The number of fused-ring (bicyclic) bond motifs is 2. The van der Waals surface area contributed by atoms with Crippen molar-refractivity contribution in [3.63, 3.8) is 0 Å². The van der Waals surface area contributed by atoms with Gasteiger partial charge in [0.1, 0.15) is 11.8 Å². The predicted octanol–water partition coefficient (Wildman–Crippen LogP) is 3.08. The lowest BCUT2D eigenvalue weighted by Gasteiger charge is -2.27. The van der Waals surface area contributed by atoms with Gasteiger partial charge in [0.05, 0.1) is 25.0 Å². The molecule has 1 unspecified atom stereocenters. The zero-order valence-corrected chi connectivity index (χ0v) is 18.1. The number of unbranched alkanes of at least 4 members (excludes halogenated alkanes) is 5. The van der Waals surface area contributed by atoms with Gasteiger partial charge in [-0.2, -0.15) is 0 Å². The summed E-state index contributed by atoms with van der Waals surface area (Å²) in [5.41, 5.74) is 1.70. The fourth-order valence-electron chi connectivity index (χ4n) is 4.10. The number of hydrogen-bond donors (Lipinski definition) is 2. The average Bonchev–Trinajstić information content (AvgIpc) is 3.39. The highest BCUT2D eigenvalue weighted by molar-refractivity contribution is 6.08. The zero-order valence-electron chi connectivity index (χ0n) is 18.1. The minimum absolute atomic E-state index is 0.250. The molecule has 1 aromatic heterocycles. The van der Waals surface area contributed by atoms with Crippen LogP contribution < -0.4 is 10.1 Å². The molecule has 9 heteroatoms. The highest BCUT2D eigenvalue weighted by Gasteiger charge is 2.40. The van der Waals surface area contributed by atoms with E-state index in [4.69, 9.17) is 9.84 Å². The van der Waals surface area contributed by atoms with E-state index in [2.05, 4.69) is 19.9 Å². The molecule has 170 valence electrons. The number of hydrogen-bond acceptors (Lipinski definition) is 6. The quantitative estimate of drug-likeness (QED) is 0.492. The first-order valence-electron chi connectivity index (χ1n) is 11.2. The van der Waals surface area contributed by atoms with E-state index >= 15 is 0 Å². The number of carbonyl (C=O) groups excluding carboxylic acids is 1. The summed E-state index contributed by atoms with van der Waals surface area (Å²) in [4.78, 5) is 33.5. The molecule has 1 saturated heterocycles. The second-order valence-electron chi connectivity index (χ2n) is 8.23. The zero-order chi connectivity index (χ0) is 22.3. The van der Waals surface area contributed by atoms with Crippen LogP contribution in [-0.4, -0.2) is 50.0 Å². The molecule has 0 bridgehead atoms. The predicted molar refractivity (Wildman–Crippen MR) is 119 cm³/mol. The number of nitrogens with one attached hydrogen (secondary N) is 1. The second kappa shape index (κ2) is 10.3. The Kier molecular flexibility index (Phi) is 7.03. The van der Waals surface area contributed by atoms with E-state index in [-0.39, 0.29) is 12.3 Å². The fourth-order valence-corrected chi connectivity index (χ4v) is 4.10. The van der Waals surface area contributed by atoms with Crippen LogP contribution >= 0.6 is 0 Å². The van der Waals surface area contributed by atoms with Gasteiger partial charge in [0.15, 0.2) is 0 Å². The fraction of sp³-hybridized carbons (Fsp3) is 0.478. The third-order valence-corrected chi connectivity index (χ3v) is 5.81. The minimum Gasteiger partial charge on any atom is -0.494 e. The van der Waals surface area contributed by atoms with Crippen molar-refractivity contribution < 1.29 is 19.4 Å². The lowest BCUT2D eigenvalue weighted by atomic mass is 10.1. The lowest BCUT2D eigenvalue weighted by molar-refractivity contribution is -0.140. The summed E-state index contributed by atoms with van der Waals surface area (Å²) in [6, 6.07) is 4.97. The van der Waals surface area contributed by atoms with Crippen molar-refractivity contribution in [2.24, 2.45) is 4.99 Å². The van der Waals surface area contributed by atoms with Gasteiger partial charge in [-0.15, -0.1) is 0 Å². The Morgan fingerprint density at radius 3 is 2.78 bits per heavy atom. The van der Waals surface area contributed by atoms with Crippen molar-refractivity contribution in [1.82, 2.24) is 19.8 Å². The number of rotatable bonds is 12. The Bertz CT molecular complexity index is 973. The largest absolute Gasteiger partial charge is 0.494 e. The van der Waals surface area contributed by atoms with E-state index < -0.39 is 12.0 Å². The van der Waals surface area contributed by atoms with Crippen molar-refractivity contribution in [2.45, 2.75) is 64.1 Å². The number of ether oxygens (including phenoxy) is 1. The number of aliphatic imine (C=N–C) groups is 1. The van der Waals surface area contributed by atoms with Crippen molar-refractivity contribution >= 4 is 23.5 Å². The Morgan fingerprint density at radius 1 is 1.19 bits per heavy atom. The number of guanidine groups is 1. The van der Waals surface area contributed by atoms with Crippen LogP contribution in [-0.2, 0) is 22.7 Å². The van der Waals surface area contributed by atoms with Crippen LogP contribution in [0.1, 0.15) is 50.5 Å². The van der Waals surface area contributed by atoms with Crippen LogP contribution in [0.25, 0.3) is 0 Å². The maximum Gasteiger partial charge on any atom is 0.305 e. The molecule has 9 nitrogen and oxygen atoms in total. The first kappa shape index (κ1) is 21.9. The number of carboxylic acid groups (broad SMARTS) is 1. The molecule has 0 aliphatic carbocycles. The van der Waals surface area contributed by atoms with Crippen LogP contribution in [0.5, 0.6) is 5.75 Å². The number of benzene rings is 1. The summed E-state index contributed by atoms with van der Waals surface area (Å²) in [6.07, 6.45) is 12.4. The smallest absolute Gasteiger partial charge is 0.305 e. The third kappa shape index (κ3) is 5.46. The standard InChI is InChI=1S/C23H29N5O4/c29-21(30)14-20-22(31)26-23-25-19-8-7-18(13-17(19)15-28(20)23)32-12-6-4-2-1-3-5-10-27-11-9-24-16-27/h7-9,11,13,16,20H,1-6,10,12,14-15H2,(H,29,30)(H,25,26,31). The molecule has 2 N–H and O–H groups in total. The number of amides is 1. The van der Waals surface area contributed by atoms with E-state index in [0.29, 0.717) is 19.1 Å². The van der Waals surface area contributed by atoms with Crippen LogP contribution in [0.4, 0.5) is 5.69 Å². The highest BCUT2D eigenvalue weighted by atomic mass is 16.5. The summed E-state index contributed by atoms with van der Waals surface area (Å²) >= 11 is 0. The number of aromatic nitrogens is 2. The summed E-state index contributed by atoms with van der Waals surface area (Å²) in [5.74, 6) is -0.131. The molecule has 1 amide bonds. The van der Waals surface area contributed by atoms with Gasteiger partial charge in [-0.05, 0) is 31.0 Å². The molecule has 0 radical (unpaired) electrons. The SMILES string of the molecule is O=C(O)CC1C(=O)NC2=Nc3ccc(OCCCCCCCCn4ccnc4)cc3CN21. The van der Waals surface area contributed by atoms with Gasteiger partial charge in [-0.25, -0.2) is 9.98 Å². The highest BCUT2D eigenvalue weighted by Crippen LogP contribution is 2.32. The van der Waals surface area contributed by atoms with E-state index in [0.717, 1.165) is 36.4 Å². The van der Waals surface area contributed by atoms with E-state index in [1.807, 2.05) is 36.9 Å². The third-order valence-electron chi connectivity index (χ3n) is 5.81. The Labute approximate surface area is 187 Å². The molecule has 1 fully saturated rings. The molecular formula is C23H29N5O4. The molecule has 1 aromatic carbocycles. The number of nitrogens with zero attached hydrogens (tertiary/aromatic N) is 4. The van der Waals surface area contributed by atoms with E-state index in [1.165, 1.54) is 25.7 Å². The molecule has 1 atom stereocenters. The van der Waals surface area contributed by atoms with Crippen molar-refractivity contribution in [1.29, 1.82) is 0 Å². The molecule has 2 aliphatic heterocycles. The first-order chi connectivity index (χ1) is 15.6. The molecular weight excluding hydrogens is 410 g/mol. The maximum atomic E-state index is 12.1. The van der Waals surface area contributed by atoms with Gasteiger partial charge in [0.25, 0.3) is 0 Å². The molecule has 32 heavy (non-hydrogen) atoms. The number of carboxylic acids is 1. The monoisotopic (exact) mass is 439 g/mol. The van der Waals surface area contributed by atoms with Crippen LogP contribution in [0.2, 0.25) is 0 Å². The van der Waals surface area contributed by atoms with E-state index in [9.17, 15) is 9.59 Å². The molecule has 0 saturated carbocycles. The van der Waals surface area contributed by atoms with Gasteiger partial charge in [-0.1, -0.05) is 25.7 Å². The summed E-state index contributed by atoms with van der Waals surface area (Å²) < 4.78 is 8.03. The first-order valence-corrected chi connectivity index (χ1v) is 11.2. The van der Waals surface area contributed by atoms with Crippen molar-refractivity contribution in [3.8, 4) is 5.75 Å². The van der Waals surface area contributed by atoms with Gasteiger partial charge in [0, 0.05) is 31.0 Å². The Balaban J connectivity index is 1.17. The molecule has 3 heterocycles. The number of aryl methyl sites for hydroxylation is 1. The number of imidazole rings is 1. The Hall–Kier alpha value is -3.36. The molecule has 4 rings (SSSR count). The summed E-state index contributed by atoms with van der Waals surface area (Å²) in [7, 11) is 0. The topological polar surface area (TPSA) is 109 Å². The van der Waals surface area contributed by atoms with Gasteiger partial charge < -0.3 is 19.3 Å². The Morgan fingerprint density at radius 2 is 2.00 bits per heavy atom. The van der Waals surface area contributed by atoms with Crippen molar-refractivity contribution in [2.75, 3.05) is 6.61 Å². The summed E-state index contributed by atoms with van der Waals surface area (Å²) in [6.45, 7) is 2.13. The minimum atomic E-state index is -1.01. The number of aliphatic carboxylic acids is 1. The molecule has 2 aromatic rings. The van der Waals surface area contributed by atoms with Crippen LogP contribution in [0.3, 0.4) is 0 Å². The van der Waals surface area contributed by atoms with E-state index in [1.54, 1.807) is 4.90 Å². The molecule has 2 aliphatic rings. The normalized spacial score (nSPS) is 16.9. The van der Waals surface area contributed by atoms with Crippen LogP contribution in [0, 0.1) is 0 Å². The van der Waals surface area contributed by atoms with Gasteiger partial charge in [-0.3, -0.25) is 14.9 Å². The van der Waals surface area contributed by atoms with Crippen LogP contribution in [0.15, 0.2) is 41.9 Å². The maximum absolute atomic E-state index is 12.1. The van der Waals surface area contributed by atoms with Gasteiger partial charge >= 0.3 is 5.97 Å². The summed E-state index contributed by atoms with van der Waals surface area (Å²) in [5, 5.41) is 11.8. The second-order valence-corrected chi connectivity index (χ2v) is 8.23. The lowest BCUT2D eigenvalue weighted by Crippen LogP contribution is -2.38. The van der Waals surface area contributed by atoms with Gasteiger partial charge in [0.2, 0.25) is 11.9 Å². The van der Waals surface area contributed by atoms with Crippen molar-refractivity contribution in [3.05, 3.63) is 42.5 Å².